The van der Waals surface area contributed by atoms with Crippen LogP contribution in [0.1, 0.15) is 19.8 Å². The van der Waals surface area contributed by atoms with Crippen LogP contribution in [-0.4, -0.2) is 30.7 Å². The molecule has 0 N–H and O–H groups in total. The zero-order chi connectivity index (χ0) is 8.97. The van der Waals surface area contributed by atoms with Crippen LogP contribution in [0.15, 0.2) is 12.2 Å². The Morgan fingerprint density at radius 3 is 3.00 bits per heavy atom. The number of carbonyl (C=O) groups excluding carboxylic acids is 1. The SMILES string of the molecule is CCC1CC=CCN1C(=O)OC. The molecule has 1 amide bonds. The number of hydrogen-bond acceptors (Lipinski definition) is 2. The molecule has 0 radical (unpaired) electrons. The van der Waals surface area contributed by atoms with Gasteiger partial charge in [-0.3, -0.25) is 0 Å². The summed E-state index contributed by atoms with van der Waals surface area (Å²) < 4.78 is 4.67. The van der Waals surface area contributed by atoms with Gasteiger partial charge in [0.25, 0.3) is 0 Å². The van der Waals surface area contributed by atoms with Crippen LogP contribution in [0.2, 0.25) is 0 Å². The Labute approximate surface area is 73.0 Å². The van der Waals surface area contributed by atoms with E-state index < -0.39 is 0 Å². The van der Waals surface area contributed by atoms with E-state index in [2.05, 4.69) is 17.7 Å². The molecule has 0 saturated heterocycles. The summed E-state index contributed by atoms with van der Waals surface area (Å²) in [4.78, 5) is 13.0. The first-order valence-electron chi connectivity index (χ1n) is 4.29. The topological polar surface area (TPSA) is 29.5 Å². The standard InChI is InChI=1S/C9H15NO2/c1-3-8-6-4-5-7-10(8)9(11)12-2/h4-5,8H,3,6-7H2,1-2H3. The minimum Gasteiger partial charge on any atom is -0.453 e. The smallest absolute Gasteiger partial charge is 0.410 e. The molecule has 0 aromatic heterocycles. The lowest BCUT2D eigenvalue weighted by Gasteiger charge is -2.30. The molecule has 0 bridgehead atoms. The lowest BCUT2D eigenvalue weighted by atomic mass is 10.1. The summed E-state index contributed by atoms with van der Waals surface area (Å²) in [5.74, 6) is 0. The number of methoxy groups -OCH3 is 1. The Bertz CT molecular complexity index is 189. The van der Waals surface area contributed by atoms with E-state index >= 15 is 0 Å². The maximum atomic E-state index is 11.2. The predicted molar refractivity (Wildman–Crippen MR) is 46.9 cm³/mol. The fourth-order valence-electron chi connectivity index (χ4n) is 1.45. The minimum absolute atomic E-state index is 0.216. The number of ether oxygens (including phenoxy) is 1. The second-order valence-corrected chi connectivity index (χ2v) is 2.89. The third kappa shape index (κ3) is 1.78. The highest BCUT2D eigenvalue weighted by atomic mass is 16.5. The van der Waals surface area contributed by atoms with E-state index in [1.54, 1.807) is 4.90 Å². The zero-order valence-corrected chi connectivity index (χ0v) is 7.62. The first-order chi connectivity index (χ1) is 5.79. The summed E-state index contributed by atoms with van der Waals surface area (Å²) in [6, 6.07) is 0.322. The third-order valence-electron chi connectivity index (χ3n) is 2.20. The van der Waals surface area contributed by atoms with Crippen LogP contribution in [0.4, 0.5) is 4.79 Å². The highest BCUT2D eigenvalue weighted by molar-refractivity contribution is 5.68. The van der Waals surface area contributed by atoms with Crippen LogP contribution in [0.25, 0.3) is 0 Å². The Morgan fingerprint density at radius 1 is 1.67 bits per heavy atom. The molecule has 1 rings (SSSR count). The first kappa shape index (κ1) is 9.10. The summed E-state index contributed by atoms with van der Waals surface area (Å²) in [5.41, 5.74) is 0. The van der Waals surface area contributed by atoms with Crippen molar-refractivity contribution in [1.82, 2.24) is 4.90 Å². The molecule has 1 aliphatic rings. The highest BCUT2D eigenvalue weighted by Crippen LogP contribution is 2.14. The molecular formula is C9H15NO2. The Hall–Kier alpha value is -0.990. The van der Waals surface area contributed by atoms with Crippen molar-refractivity contribution in [1.29, 1.82) is 0 Å². The maximum absolute atomic E-state index is 11.2. The van der Waals surface area contributed by atoms with Crippen molar-refractivity contribution >= 4 is 6.09 Å². The molecule has 3 heteroatoms. The van der Waals surface area contributed by atoms with Gasteiger partial charge in [-0.05, 0) is 12.8 Å². The molecule has 12 heavy (non-hydrogen) atoms. The largest absolute Gasteiger partial charge is 0.453 e. The number of amides is 1. The van der Waals surface area contributed by atoms with E-state index in [0.29, 0.717) is 12.6 Å². The zero-order valence-electron chi connectivity index (χ0n) is 7.62. The average Bonchev–Trinajstić information content (AvgIpc) is 2.16. The first-order valence-corrected chi connectivity index (χ1v) is 4.29. The van der Waals surface area contributed by atoms with Gasteiger partial charge in [0.05, 0.1) is 7.11 Å². The fraction of sp³-hybridized carbons (Fsp3) is 0.667. The molecule has 0 aromatic rings. The molecule has 0 aliphatic carbocycles. The second kappa shape index (κ2) is 4.14. The van der Waals surface area contributed by atoms with Gasteiger partial charge in [0.1, 0.15) is 0 Å². The quantitative estimate of drug-likeness (QED) is 0.560. The maximum Gasteiger partial charge on any atom is 0.410 e. The Morgan fingerprint density at radius 2 is 2.42 bits per heavy atom. The van der Waals surface area contributed by atoms with E-state index in [-0.39, 0.29) is 6.09 Å². The van der Waals surface area contributed by atoms with Crippen molar-refractivity contribution in [3.63, 3.8) is 0 Å². The van der Waals surface area contributed by atoms with Crippen LogP contribution < -0.4 is 0 Å². The molecule has 3 nitrogen and oxygen atoms in total. The number of hydrogen-bond donors (Lipinski definition) is 0. The van der Waals surface area contributed by atoms with Gasteiger partial charge in [0.2, 0.25) is 0 Å². The van der Waals surface area contributed by atoms with Crippen molar-refractivity contribution in [2.24, 2.45) is 0 Å². The molecule has 1 unspecified atom stereocenters. The second-order valence-electron chi connectivity index (χ2n) is 2.89. The summed E-state index contributed by atoms with van der Waals surface area (Å²) >= 11 is 0. The molecule has 68 valence electrons. The van der Waals surface area contributed by atoms with Gasteiger partial charge < -0.3 is 9.64 Å². The highest BCUT2D eigenvalue weighted by Gasteiger charge is 2.22. The van der Waals surface area contributed by atoms with Gasteiger partial charge >= 0.3 is 6.09 Å². The average molecular weight is 169 g/mol. The van der Waals surface area contributed by atoms with E-state index in [1.165, 1.54) is 7.11 Å². The van der Waals surface area contributed by atoms with Crippen LogP contribution >= 0.6 is 0 Å². The predicted octanol–water partition coefficient (Wildman–Crippen LogP) is 1.79. The van der Waals surface area contributed by atoms with Crippen LogP contribution in [0.3, 0.4) is 0 Å². The molecule has 1 heterocycles. The molecule has 0 aromatic carbocycles. The van der Waals surface area contributed by atoms with Crippen molar-refractivity contribution in [3.05, 3.63) is 12.2 Å². The molecule has 1 aliphatic heterocycles. The molecule has 1 atom stereocenters. The summed E-state index contributed by atoms with van der Waals surface area (Å²) in [6.07, 6.45) is 5.84. The summed E-state index contributed by atoms with van der Waals surface area (Å²) in [6.45, 7) is 2.77. The lowest BCUT2D eigenvalue weighted by Crippen LogP contribution is -2.41. The Balaban J connectivity index is 2.60. The minimum atomic E-state index is -0.216. The molecule has 0 fully saturated rings. The van der Waals surface area contributed by atoms with Crippen molar-refractivity contribution in [3.8, 4) is 0 Å². The van der Waals surface area contributed by atoms with E-state index in [9.17, 15) is 4.79 Å². The number of nitrogens with zero attached hydrogens (tertiary/aromatic N) is 1. The fourth-order valence-corrected chi connectivity index (χ4v) is 1.45. The summed E-state index contributed by atoms with van der Waals surface area (Å²) in [5, 5.41) is 0. The van der Waals surface area contributed by atoms with Crippen molar-refractivity contribution < 1.29 is 9.53 Å². The van der Waals surface area contributed by atoms with E-state index in [4.69, 9.17) is 0 Å². The summed E-state index contributed by atoms with van der Waals surface area (Å²) in [7, 11) is 1.42. The van der Waals surface area contributed by atoms with E-state index in [1.807, 2.05) is 6.08 Å². The molecule has 0 spiro atoms. The number of rotatable bonds is 1. The van der Waals surface area contributed by atoms with Gasteiger partial charge in [-0.25, -0.2) is 4.79 Å². The monoisotopic (exact) mass is 169 g/mol. The van der Waals surface area contributed by atoms with Crippen molar-refractivity contribution in [2.75, 3.05) is 13.7 Å². The van der Waals surface area contributed by atoms with Gasteiger partial charge in [0.15, 0.2) is 0 Å². The molecule has 0 saturated carbocycles. The van der Waals surface area contributed by atoms with Gasteiger partial charge in [0, 0.05) is 12.6 Å². The normalized spacial score (nSPS) is 22.5. The molecular weight excluding hydrogens is 154 g/mol. The number of carbonyl (C=O) groups is 1. The van der Waals surface area contributed by atoms with Crippen molar-refractivity contribution in [2.45, 2.75) is 25.8 Å². The Kier molecular flexibility index (Phi) is 3.14. The van der Waals surface area contributed by atoms with Crippen LogP contribution in [0, 0.1) is 0 Å². The van der Waals surface area contributed by atoms with Gasteiger partial charge in [-0.15, -0.1) is 0 Å². The lowest BCUT2D eigenvalue weighted by molar-refractivity contribution is 0.107. The van der Waals surface area contributed by atoms with Crippen LogP contribution in [-0.2, 0) is 4.74 Å². The van der Waals surface area contributed by atoms with Gasteiger partial charge in [-0.1, -0.05) is 19.1 Å². The van der Waals surface area contributed by atoms with Gasteiger partial charge in [-0.2, -0.15) is 0 Å². The van der Waals surface area contributed by atoms with E-state index in [0.717, 1.165) is 12.8 Å². The third-order valence-corrected chi connectivity index (χ3v) is 2.20. The van der Waals surface area contributed by atoms with Crippen LogP contribution in [0.5, 0.6) is 0 Å².